The maximum atomic E-state index is 11.9. The van der Waals surface area contributed by atoms with Gasteiger partial charge in [-0.2, -0.15) is 5.10 Å². The molecular weight excluding hydrogens is 247 g/mol. The van der Waals surface area contributed by atoms with Gasteiger partial charge in [0.15, 0.2) is 5.78 Å². The predicted molar refractivity (Wildman–Crippen MR) is 63.0 cm³/mol. The van der Waals surface area contributed by atoms with Crippen molar-refractivity contribution in [2.45, 2.75) is 6.54 Å². The third-order valence-electron chi connectivity index (χ3n) is 2.09. The first-order valence-corrected chi connectivity index (χ1v) is 5.38. The maximum Gasteiger partial charge on any atom is 0.185 e. The van der Waals surface area contributed by atoms with Crippen LogP contribution in [0.4, 0.5) is 0 Å². The van der Waals surface area contributed by atoms with E-state index < -0.39 is 0 Å². The van der Waals surface area contributed by atoms with E-state index in [1.165, 1.54) is 0 Å². The van der Waals surface area contributed by atoms with Gasteiger partial charge in [-0.05, 0) is 24.3 Å². The molecule has 0 aliphatic heterocycles. The van der Waals surface area contributed by atoms with Crippen molar-refractivity contribution in [1.29, 1.82) is 0 Å². The lowest BCUT2D eigenvalue weighted by molar-refractivity contribution is 0.0968. The van der Waals surface area contributed by atoms with Crippen molar-refractivity contribution in [3.8, 4) is 0 Å². The minimum Gasteiger partial charge on any atom is -0.292 e. The monoisotopic (exact) mass is 254 g/mol. The van der Waals surface area contributed by atoms with Crippen LogP contribution in [0.15, 0.2) is 36.7 Å². The molecule has 16 heavy (non-hydrogen) atoms. The second-order valence-corrected chi connectivity index (χ2v) is 4.09. The van der Waals surface area contributed by atoms with Crippen LogP contribution in [0.5, 0.6) is 0 Å². The van der Waals surface area contributed by atoms with Gasteiger partial charge in [0.25, 0.3) is 0 Å². The average molecular weight is 255 g/mol. The van der Waals surface area contributed by atoms with E-state index in [9.17, 15) is 4.79 Å². The third kappa shape index (κ3) is 2.43. The molecule has 2 rings (SSSR count). The van der Waals surface area contributed by atoms with Gasteiger partial charge in [-0.3, -0.25) is 9.48 Å². The Bertz CT molecular complexity index is 509. The van der Waals surface area contributed by atoms with E-state index in [-0.39, 0.29) is 12.3 Å². The van der Waals surface area contributed by atoms with Crippen LogP contribution in [0.25, 0.3) is 0 Å². The maximum absolute atomic E-state index is 11.9. The summed E-state index contributed by atoms with van der Waals surface area (Å²) in [6.07, 6.45) is 3.34. The smallest absolute Gasteiger partial charge is 0.185 e. The van der Waals surface area contributed by atoms with E-state index in [2.05, 4.69) is 5.10 Å². The number of Topliss-reactive ketones (excluding diaryl/α,β-unsaturated/α-hetero) is 1. The van der Waals surface area contributed by atoms with Crippen LogP contribution >= 0.6 is 23.2 Å². The molecule has 3 nitrogen and oxygen atoms in total. The van der Waals surface area contributed by atoms with Crippen molar-refractivity contribution in [2.75, 3.05) is 0 Å². The molecule has 0 amide bonds. The highest BCUT2D eigenvalue weighted by Gasteiger charge is 2.11. The molecule has 1 aromatic heterocycles. The first kappa shape index (κ1) is 11.2. The number of rotatable bonds is 3. The zero-order valence-corrected chi connectivity index (χ0v) is 9.74. The number of aromatic nitrogens is 2. The minimum atomic E-state index is -0.115. The van der Waals surface area contributed by atoms with Crippen LogP contribution in [-0.2, 0) is 6.54 Å². The third-order valence-corrected chi connectivity index (χ3v) is 2.66. The standard InChI is InChI=1S/C11H8Cl2N2O/c12-8-2-3-10(13)9(6-8)11(16)7-15-5-1-4-14-15/h1-6H,7H2. The second-order valence-electron chi connectivity index (χ2n) is 3.25. The van der Waals surface area contributed by atoms with Gasteiger partial charge in [-0.1, -0.05) is 23.2 Å². The summed E-state index contributed by atoms with van der Waals surface area (Å²) in [6.45, 7) is 0.160. The highest BCUT2D eigenvalue weighted by molar-refractivity contribution is 6.35. The molecule has 0 aliphatic carbocycles. The molecule has 5 heteroatoms. The van der Waals surface area contributed by atoms with E-state index in [0.29, 0.717) is 15.6 Å². The molecular formula is C11H8Cl2N2O. The van der Waals surface area contributed by atoms with Gasteiger partial charge in [0.2, 0.25) is 0 Å². The van der Waals surface area contributed by atoms with Gasteiger partial charge in [0.1, 0.15) is 6.54 Å². The fourth-order valence-electron chi connectivity index (χ4n) is 1.34. The first-order chi connectivity index (χ1) is 7.66. The Labute approximate surface area is 103 Å². The van der Waals surface area contributed by atoms with E-state index in [1.54, 1.807) is 41.3 Å². The molecule has 0 N–H and O–H groups in total. The normalized spacial score (nSPS) is 10.4. The number of carbonyl (C=O) groups is 1. The lowest BCUT2D eigenvalue weighted by atomic mass is 10.1. The Hall–Kier alpha value is -1.32. The number of hydrogen-bond donors (Lipinski definition) is 0. The molecule has 2 aromatic rings. The molecule has 1 aromatic carbocycles. The van der Waals surface area contributed by atoms with Gasteiger partial charge in [-0.25, -0.2) is 0 Å². The van der Waals surface area contributed by atoms with E-state index in [4.69, 9.17) is 23.2 Å². The highest BCUT2D eigenvalue weighted by atomic mass is 35.5. The number of halogens is 2. The Morgan fingerprint density at radius 3 is 2.88 bits per heavy atom. The van der Waals surface area contributed by atoms with Crippen LogP contribution in [0.1, 0.15) is 10.4 Å². The van der Waals surface area contributed by atoms with E-state index in [1.807, 2.05) is 0 Å². The molecule has 0 aliphatic rings. The lowest BCUT2D eigenvalue weighted by Crippen LogP contribution is -2.11. The molecule has 0 fully saturated rings. The molecule has 0 bridgehead atoms. The summed E-state index contributed by atoms with van der Waals surface area (Å²) in [5, 5.41) is 4.85. The van der Waals surface area contributed by atoms with Crippen molar-refractivity contribution in [3.05, 3.63) is 52.3 Å². The Balaban J connectivity index is 2.24. The highest BCUT2D eigenvalue weighted by Crippen LogP contribution is 2.21. The largest absolute Gasteiger partial charge is 0.292 e. The SMILES string of the molecule is O=C(Cn1cccn1)c1cc(Cl)ccc1Cl. The van der Waals surface area contributed by atoms with Gasteiger partial charge in [0.05, 0.1) is 5.02 Å². The van der Waals surface area contributed by atoms with Crippen LogP contribution in [-0.4, -0.2) is 15.6 Å². The molecule has 0 unspecified atom stereocenters. The number of nitrogens with zero attached hydrogens (tertiary/aromatic N) is 2. The molecule has 0 saturated heterocycles. The van der Waals surface area contributed by atoms with Crippen LogP contribution in [0.3, 0.4) is 0 Å². The van der Waals surface area contributed by atoms with Crippen molar-refractivity contribution in [1.82, 2.24) is 9.78 Å². The summed E-state index contributed by atoms with van der Waals surface area (Å²) in [7, 11) is 0. The van der Waals surface area contributed by atoms with Crippen LogP contribution in [0, 0.1) is 0 Å². The summed E-state index contributed by atoms with van der Waals surface area (Å²) >= 11 is 11.7. The fourth-order valence-corrected chi connectivity index (χ4v) is 1.73. The topological polar surface area (TPSA) is 34.9 Å². The number of ketones is 1. The Kier molecular flexibility index (Phi) is 3.27. The number of benzene rings is 1. The van der Waals surface area contributed by atoms with Crippen LogP contribution < -0.4 is 0 Å². The van der Waals surface area contributed by atoms with Gasteiger partial charge >= 0.3 is 0 Å². The van der Waals surface area contributed by atoms with Crippen molar-refractivity contribution in [2.24, 2.45) is 0 Å². The molecule has 0 radical (unpaired) electrons. The van der Waals surface area contributed by atoms with Gasteiger partial charge in [0, 0.05) is 23.0 Å². The molecule has 82 valence electrons. The summed E-state index contributed by atoms with van der Waals surface area (Å²) in [5.41, 5.74) is 0.421. The van der Waals surface area contributed by atoms with Crippen molar-refractivity contribution < 1.29 is 4.79 Å². The minimum absolute atomic E-state index is 0.115. The summed E-state index contributed by atoms with van der Waals surface area (Å²) in [5.74, 6) is -0.115. The summed E-state index contributed by atoms with van der Waals surface area (Å²) in [6, 6.07) is 6.58. The summed E-state index contributed by atoms with van der Waals surface area (Å²) in [4.78, 5) is 11.9. The van der Waals surface area contributed by atoms with Crippen molar-refractivity contribution in [3.63, 3.8) is 0 Å². The Morgan fingerprint density at radius 2 is 2.19 bits per heavy atom. The number of carbonyl (C=O) groups excluding carboxylic acids is 1. The molecule has 0 spiro atoms. The fraction of sp³-hybridized carbons (Fsp3) is 0.0909. The van der Waals surface area contributed by atoms with E-state index in [0.717, 1.165) is 0 Å². The quantitative estimate of drug-likeness (QED) is 0.790. The molecule has 1 heterocycles. The summed E-state index contributed by atoms with van der Waals surface area (Å²) < 4.78 is 1.54. The Morgan fingerprint density at radius 1 is 1.38 bits per heavy atom. The van der Waals surface area contributed by atoms with Gasteiger partial charge < -0.3 is 0 Å². The van der Waals surface area contributed by atoms with Crippen LogP contribution in [0.2, 0.25) is 10.0 Å². The number of hydrogen-bond acceptors (Lipinski definition) is 2. The zero-order valence-electron chi connectivity index (χ0n) is 8.23. The molecule has 0 saturated carbocycles. The second kappa shape index (κ2) is 4.68. The zero-order chi connectivity index (χ0) is 11.5. The van der Waals surface area contributed by atoms with E-state index >= 15 is 0 Å². The first-order valence-electron chi connectivity index (χ1n) is 4.62. The average Bonchev–Trinajstić information content (AvgIpc) is 2.74. The molecule has 0 atom stereocenters. The van der Waals surface area contributed by atoms with Gasteiger partial charge in [-0.15, -0.1) is 0 Å². The van der Waals surface area contributed by atoms with Crippen molar-refractivity contribution >= 4 is 29.0 Å². The lowest BCUT2D eigenvalue weighted by Gasteiger charge is -2.04. The predicted octanol–water partition coefficient (Wildman–Crippen LogP) is 3.07.